The number of nitrogens with zero attached hydrogens (tertiary/aromatic N) is 1. The van der Waals surface area contributed by atoms with Crippen molar-refractivity contribution in [2.24, 2.45) is 5.92 Å². The molecule has 144 valence electrons. The van der Waals surface area contributed by atoms with Crippen LogP contribution in [0.25, 0.3) is 0 Å². The fourth-order valence-corrected chi connectivity index (χ4v) is 3.71. The van der Waals surface area contributed by atoms with Crippen LogP contribution in [-0.2, 0) is 24.3 Å². The Kier molecular flexibility index (Phi) is 6.77. The van der Waals surface area contributed by atoms with Gasteiger partial charge in [-0.25, -0.2) is 8.42 Å². The minimum atomic E-state index is -3.81. The normalized spacial score (nSPS) is 15.7. The number of hydrogen-bond donors (Lipinski definition) is 1. The average Bonchev–Trinajstić information content (AvgIpc) is 2.60. The van der Waals surface area contributed by atoms with E-state index in [9.17, 15) is 18.0 Å². The summed E-state index contributed by atoms with van der Waals surface area (Å²) in [5.41, 5.74) is 1.82. The topological polar surface area (TPSA) is 92.8 Å². The van der Waals surface area contributed by atoms with Crippen LogP contribution >= 0.6 is 0 Å². The maximum Gasteiger partial charge on any atom is 0.321 e. The number of aryl methyl sites for hydroxylation is 2. The van der Waals surface area contributed by atoms with Gasteiger partial charge in [0.1, 0.15) is 6.54 Å². The van der Waals surface area contributed by atoms with Crippen molar-refractivity contribution in [3.8, 4) is 0 Å². The molecule has 0 aliphatic carbocycles. The molecule has 1 N–H and O–H groups in total. The van der Waals surface area contributed by atoms with Gasteiger partial charge in [-0.05, 0) is 55.9 Å². The van der Waals surface area contributed by atoms with Crippen molar-refractivity contribution in [1.29, 1.82) is 0 Å². The van der Waals surface area contributed by atoms with Gasteiger partial charge in [0.25, 0.3) is 5.91 Å². The summed E-state index contributed by atoms with van der Waals surface area (Å²) in [6.45, 7) is 6.29. The molecular formula is C18H26N2O5S. The lowest BCUT2D eigenvalue weighted by molar-refractivity contribution is -0.151. The first-order chi connectivity index (χ1) is 12.2. The van der Waals surface area contributed by atoms with E-state index in [1.807, 2.05) is 13.8 Å². The Morgan fingerprint density at radius 3 is 2.46 bits per heavy atom. The molecule has 0 spiro atoms. The van der Waals surface area contributed by atoms with Crippen LogP contribution < -0.4 is 4.72 Å². The van der Waals surface area contributed by atoms with Gasteiger partial charge in [0.2, 0.25) is 10.0 Å². The fourth-order valence-electron chi connectivity index (χ4n) is 2.66. The second-order valence-electron chi connectivity index (χ2n) is 6.79. The zero-order valence-corrected chi connectivity index (χ0v) is 16.3. The Bertz CT molecular complexity index is 768. The molecule has 1 heterocycles. The van der Waals surface area contributed by atoms with Crippen molar-refractivity contribution < 1.29 is 22.7 Å². The van der Waals surface area contributed by atoms with Gasteiger partial charge in [0.05, 0.1) is 4.90 Å². The number of piperidine rings is 1. The number of amides is 1. The van der Waals surface area contributed by atoms with Crippen LogP contribution in [0.15, 0.2) is 23.1 Å². The summed E-state index contributed by atoms with van der Waals surface area (Å²) in [6, 6.07) is 4.74. The zero-order chi connectivity index (χ0) is 19.3. The van der Waals surface area contributed by atoms with Crippen LogP contribution in [0.1, 0.15) is 30.9 Å². The molecule has 0 saturated carbocycles. The molecule has 0 aromatic heterocycles. The van der Waals surface area contributed by atoms with Crippen LogP contribution in [0, 0.1) is 19.8 Å². The van der Waals surface area contributed by atoms with Crippen LogP contribution in [-0.4, -0.2) is 51.4 Å². The Morgan fingerprint density at radius 2 is 1.85 bits per heavy atom. The Balaban J connectivity index is 1.80. The van der Waals surface area contributed by atoms with Gasteiger partial charge in [-0.1, -0.05) is 13.0 Å². The van der Waals surface area contributed by atoms with Gasteiger partial charge >= 0.3 is 5.97 Å². The first-order valence-electron chi connectivity index (χ1n) is 8.69. The molecule has 1 aliphatic heterocycles. The highest BCUT2D eigenvalue weighted by atomic mass is 32.2. The molecule has 1 aromatic rings. The molecule has 0 bridgehead atoms. The summed E-state index contributed by atoms with van der Waals surface area (Å²) >= 11 is 0. The molecule has 1 aliphatic rings. The van der Waals surface area contributed by atoms with Crippen LogP contribution in [0.4, 0.5) is 0 Å². The Hall–Kier alpha value is -1.93. The van der Waals surface area contributed by atoms with Crippen molar-refractivity contribution in [2.75, 3.05) is 26.2 Å². The highest BCUT2D eigenvalue weighted by molar-refractivity contribution is 7.89. The third kappa shape index (κ3) is 5.54. The number of carbonyl (C=O) groups excluding carboxylic acids is 2. The standard InChI is InChI=1S/C18H26N2O5S/c1-13-6-8-20(9-7-13)17(21)12-25-18(22)11-19-26(23,24)16-5-4-14(2)15(3)10-16/h4-5,10,13,19H,6-9,11-12H2,1-3H3. The van der Waals surface area contributed by atoms with E-state index in [0.29, 0.717) is 19.0 Å². The lowest BCUT2D eigenvalue weighted by Crippen LogP contribution is -2.41. The van der Waals surface area contributed by atoms with E-state index in [4.69, 9.17) is 4.74 Å². The van der Waals surface area contributed by atoms with E-state index in [2.05, 4.69) is 11.6 Å². The van der Waals surface area contributed by atoms with Crippen molar-refractivity contribution in [3.05, 3.63) is 29.3 Å². The van der Waals surface area contributed by atoms with Crippen LogP contribution in [0.3, 0.4) is 0 Å². The van der Waals surface area contributed by atoms with Gasteiger partial charge in [-0.2, -0.15) is 4.72 Å². The number of benzene rings is 1. The maximum atomic E-state index is 12.2. The monoisotopic (exact) mass is 382 g/mol. The fraction of sp³-hybridized carbons (Fsp3) is 0.556. The summed E-state index contributed by atoms with van der Waals surface area (Å²) in [6.07, 6.45) is 1.88. The van der Waals surface area contributed by atoms with E-state index in [1.165, 1.54) is 6.07 Å². The summed E-state index contributed by atoms with van der Waals surface area (Å²) in [5.74, 6) is -0.431. The summed E-state index contributed by atoms with van der Waals surface area (Å²) in [7, 11) is -3.81. The number of carbonyl (C=O) groups is 2. The van der Waals surface area contributed by atoms with Gasteiger partial charge in [-0.15, -0.1) is 0 Å². The van der Waals surface area contributed by atoms with Crippen LogP contribution in [0.5, 0.6) is 0 Å². The first kappa shape index (κ1) is 20.4. The average molecular weight is 382 g/mol. The largest absolute Gasteiger partial charge is 0.455 e. The third-order valence-corrected chi connectivity index (χ3v) is 6.09. The van der Waals surface area contributed by atoms with E-state index in [1.54, 1.807) is 17.0 Å². The Labute approximate surface area is 154 Å². The van der Waals surface area contributed by atoms with Crippen molar-refractivity contribution in [1.82, 2.24) is 9.62 Å². The minimum Gasteiger partial charge on any atom is -0.455 e. The predicted octanol–water partition coefficient (Wildman–Crippen LogP) is 1.38. The Morgan fingerprint density at radius 1 is 1.19 bits per heavy atom. The summed E-state index contributed by atoms with van der Waals surface area (Å²) in [4.78, 5) is 25.5. The van der Waals surface area contributed by atoms with E-state index < -0.39 is 22.5 Å². The number of esters is 1. The molecule has 0 unspecified atom stereocenters. The molecule has 7 nitrogen and oxygen atoms in total. The van der Waals surface area contributed by atoms with Crippen molar-refractivity contribution in [3.63, 3.8) is 0 Å². The quantitative estimate of drug-likeness (QED) is 0.751. The van der Waals surface area contributed by atoms with Gasteiger partial charge in [0, 0.05) is 13.1 Å². The summed E-state index contributed by atoms with van der Waals surface area (Å²) < 4.78 is 31.5. The zero-order valence-electron chi connectivity index (χ0n) is 15.4. The minimum absolute atomic E-state index is 0.0897. The highest BCUT2D eigenvalue weighted by Crippen LogP contribution is 2.16. The third-order valence-electron chi connectivity index (χ3n) is 4.69. The second kappa shape index (κ2) is 8.64. The number of sulfonamides is 1. The van der Waals surface area contributed by atoms with E-state index in [-0.39, 0.29) is 17.4 Å². The molecule has 8 heteroatoms. The lowest BCUT2D eigenvalue weighted by Gasteiger charge is -2.30. The molecular weight excluding hydrogens is 356 g/mol. The molecule has 0 atom stereocenters. The summed E-state index contributed by atoms with van der Waals surface area (Å²) in [5, 5.41) is 0. The molecule has 1 aromatic carbocycles. The molecule has 1 amide bonds. The molecule has 26 heavy (non-hydrogen) atoms. The van der Waals surface area contributed by atoms with Gasteiger partial charge in [-0.3, -0.25) is 9.59 Å². The van der Waals surface area contributed by atoms with Gasteiger partial charge < -0.3 is 9.64 Å². The molecule has 0 radical (unpaired) electrons. The van der Waals surface area contributed by atoms with Crippen LogP contribution in [0.2, 0.25) is 0 Å². The smallest absolute Gasteiger partial charge is 0.321 e. The molecule has 1 saturated heterocycles. The number of likely N-dealkylation sites (tertiary alicyclic amines) is 1. The number of ether oxygens (including phenoxy) is 1. The predicted molar refractivity (Wildman–Crippen MR) is 97.0 cm³/mol. The van der Waals surface area contributed by atoms with E-state index in [0.717, 1.165) is 24.0 Å². The van der Waals surface area contributed by atoms with Gasteiger partial charge in [0.15, 0.2) is 6.61 Å². The molecule has 1 fully saturated rings. The maximum absolute atomic E-state index is 12.2. The van der Waals surface area contributed by atoms with Crippen molar-refractivity contribution in [2.45, 2.75) is 38.5 Å². The molecule has 2 rings (SSSR count). The lowest BCUT2D eigenvalue weighted by atomic mass is 9.99. The van der Waals surface area contributed by atoms with Crippen molar-refractivity contribution >= 4 is 21.9 Å². The number of nitrogens with one attached hydrogen (secondary N) is 1. The number of hydrogen-bond acceptors (Lipinski definition) is 5. The highest BCUT2D eigenvalue weighted by Gasteiger charge is 2.22. The van der Waals surface area contributed by atoms with E-state index >= 15 is 0 Å². The SMILES string of the molecule is Cc1ccc(S(=O)(=O)NCC(=O)OCC(=O)N2CCC(C)CC2)cc1C. The second-order valence-corrected chi connectivity index (χ2v) is 8.56. The first-order valence-corrected chi connectivity index (χ1v) is 10.2. The number of rotatable bonds is 6.